The molecule has 3 aromatic rings. The van der Waals surface area contributed by atoms with E-state index in [9.17, 15) is 4.79 Å². The van der Waals surface area contributed by atoms with Crippen molar-refractivity contribution in [2.45, 2.75) is 26.7 Å². The second-order valence-corrected chi connectivity index (χ2v) is 7.54. The van der Waals surface area contributed by atoms with Crippen LogP contribution in [-0.4, -0.2) is 10.8 Å². The summed E-state index contributed by atoms with van der Waals surface area (Å²) in [5, 5.41) is 3.79. The van der Waals surface area contributed by atoms with Crippen molar-refractivity contribution in [2.75, 3.05) is 11.1 Å². The molecule has 1 aromatic heterocycles. The van der Waals surface area contributed by atoms with Gasteiger partial charge >= 0.3 is 0 Å². The Bertz CT molecular complexity index is 1040. The van der Waals surface area contributed by atoms with Crippen molar-refractivity contribution in [3.8, 4) is 11.5 Å². The highest BCUT2D eigenvalue weighted by molar-refractivity contribution is 7.18. The lowest BCUT2D eigenvalue weighted by Crippen LogP contribution is -2.04. The zero-order valence-electron chi connectivity index (χ0n) is 17.1. The Hall–Kier alpha value is -3.38. The van der Waals surface area contributed by atoms with Crippen molar-refractivity contribution >= 4 is 33.8 Å². The SMILES string of the molecule is C/C=C\C/C(=C\CC)C(=O)c1sc(Nc2ccc(Oc3ccccc3)cc2)nc1N. The van der Waals surface area contributed by atoms with Gasteiger partial charge in [-0.3, -0.25) is 4.79 Å². The topological polar surface area (TPSA) is 77.2 Å². The molecular formula is C24H25N3O2S. The van der Waals surface area contributed by atoms with Crippen LogP contribution >= 0.6 is 11.3 Å². The fourth-order valence-corrected chi connectivity index (χ4v) is 3.69. The quantitative estimate of drug-likeness (QED) is 0.228. The molecule has 2 aromatic carbocycles. The van der Waals surface area contributed by atoms with Crippen molar-refractivity contribution in [1.29, 1.82) is 0 Å². The fourth-order valence-electron chi connectivity index (χ4n) is 2.81. The van der Waals surface area contributed by atoms with Crippen molar-refractivity contribution in [1.82, 2.24) is 4.98 Å². The van der Waals surface area contributed by atoms with Crippen molar-refractivity contribution in [3.05, 3.63) is 83.3 Å². The van der Waals surface area contributed by atoms with E-state index in [-0.39, 0.29) is 11.6 Å². The molecule has 154 valence electrons. The molecule has 1 heterocycles. The number of anilines is 3. The van der Waals surface area contributed by atoms with Crippen molar-refractivity contribution in [2.24, 2.45) is 0 Å². The molecule has 0 spiro atoms. The summed E-state index contributed by atoms with van der Waals surface area (Å²) in [4.78, 5) is 17.7. The van der Waals surface area contributed by atoms with Gasteiger partial charge in [-0.15, -0.1) is 0 Å². The first-order chi connectivity index (χ1) is 14.6. The molecule has 3 N–H and O–H groups in total. The van der Waals surface area contributed by atoms with E-state index in [2.05, 4.69) is 10.3 Å². The van der Waals surface area contributed by atoms with Crippen LogP contribution in [0.1, 0.15) is 36.4 Å². The van der Waals surface area contributed by atoms with E-state index >= 15 is 0 Å². The van der Waals surface area contributed by atoms with Crippen LogP contribution in [0.5, 0.6) is 11.5 Å². The third kappa shape index (κ3) is 5.58. The smallest absolute Gasteiger partial charge is 0.202 e. The van der Waals surface area contributed by atoms with Crippen LogP contribution in [0.25, 0.3) is 0 Å². The molecule has 0 radical (unpaired) electrons. The number of nitrogens with one attached hydrogen (secondary N) is 1. The lowest BCUT2D eigenvalue weighted by Gasteiger charge is -2.07. The van der Waals surface area contributed by atoms with Crippen molar-refractivity contribution < 1.29 is 9.53 Å². The van der Waals surface area contributed by atoms with Crippen LogP contribution in [-0.2, 0) is 0 Å². The van der Waals surface area contributed by atoms with Gasteiger partial charge in [0, 0.05) is 11.3 Å². The Kier molecular flexibility index (Phi) is 7.40. The molecule has 0 saturated heterocycles. The first-order valence-corrected chi connectivity index (χ1v) is 10.6. The summed E-state index contributed by atoms with van der Waals surface area (Å²) in [6.07, 6.45) is 7.23. The number of carbonyl (C=O) groups is 1. The maximum atomic E-state index is 12.9. The number of nitrogen functional groups attached to an aromatic ring is 1. The average molecular weight is 420 g/mol. The maximum absolute atomic E-state index is 12.9. The summed E-state index contributed by atoms with van der Waals surface area (Å²) < 4.78 is 5.80. The summed E-state index contributed by atoms with van der Waals surface area (Å²) >= 11 is 1.26. The van der Waals surface area contributed by atoms with Gasteiger partial charge in [-0.05, 0) is 56.2 Å². The molecule has 3 rings (SSSR count). The van der Waals surface area contributed by atoms with E-state index in [0.29, 0.717) is 16.4 Å². The molecule has 0 aliphatic carbocycles. The maximum Gasteiger partial charge on any atom is 0.202 e. The average Bonchev–Trinajstić information content (AvgIpc) is 3.12. The Labute approximate surface area is 180 Å². The first kappa shape index (κ1) is 21.3. The van der Waals surface area contributed by atoms with Gasteiger partial charge in [-0.1, -0.05) is 54.7 Å². The van der Waals surface area contributed by atoms with E-state index < -0.39 is 0 Å². The van der Waals surface area contributed by atoms with E-state index in [4.69, 9.17) is 10.5 Å². The molecule has 0 aliphatic heterocycles. The Morgan fingerprint density at radius 1 is 1.13 bits per heavy atom. The number of nitrogens with zero attached hydrogens (tertiary/aromatic N) is 1. The summed E-state index contributed by atoms with van der Waals surface area (Å²) in [5.74, 6) is 1.70. The molecule has 0 bridgehead atoms. The number of carbonyl (C=O) groups excluding carboxylic acids is 1. The predicted octanol–water partition coefficient (Wildman–Crippen LogP) is 6.75. The van der Waals surface area contributed by atoms with Gasteiger partial charge in [0.05, 0.1) is 0 Å². The molecule has 0 saturated carbocycles. The normalized spacial score (nSPS) is 11.6. The standard InChI is InChI=1S/C24H25N3O2S/c1-3-5-10-17(9-4-2)21(28)22-23(25)27-24(30-22)26-18-13-15-20(16-14-18)29-19-11-7-6-8-12-19/h3,5-9,11-16H,4,10,25H2,1-2H3,(H,26,27)/b5-3-,17-9+. The highest BCUT2D eigenvalue weighted by Gasteiger charge is 2.19. The number of para-hydroxylation sites is 1. The highest BCUT2D eigenvalue weighted by atomic mass is 32.1. The van der Waals surface area contributed by atoms with Gasteiger partial charge in [0.15, 0.2) is 5.13 Å². The second-order valence-electron chi connectivity index (χ2n) is 6.54. The minimum absolute atomic E-state index is 0.0652. The van der Waals surface area contributed by atoms with Gasteiger partial charge in [0.25, 0.3) is 0 Å². The summed E-state index contributed by atoms with van der Waals surface area (Å²) in [6, 6.07) is 17.1. The molecule has 0 aliphatic rings. The number of Topliss-reactive ketones (excluding diaryl/α,β-unsaturated/α-hetero) is 1. The number of nitrogens with two attached hydrogens (primary N) is 1. The summed E-state index contributed by atoms with van der Waals surface area (Å²) in [7, 11) is 0. The number of hydrogen-bond acceptors (Lipinski definition) is 6. The van der Waals surface area contributed by atoms with E-state index in [1.807, 2.05) is 86.7 Å². The Morgan fingerprint density at radius 3 is 2.50 bits per heavy atom. The summed E-state index contributed by atoms with van der Waals surface area (Å²) in [6.45, 7) is 3.95. The van der Waals surface area contributed by atoms with E-state index in [0.717, 1.165) is 29.2 Å². The third-order valence-electron chi connectivity index (χ3n) is 4.26. The van der Waals surface area contributed by atoms with Crippen LogP contribution < -0.4 is 15.8 Å². The zero-order valence-corrected chi connectivity index (χ0v) is 17.9. The van der Waals surface area contributed by atoms with Crippen LogP contribution in [0, 0.1) is 0 Å². The van der Waals surface area contributed by atoms with E-state index in [1.54, 1.807) is 0 Å². The number of hydrogen-bond donors (Lipinski definition) is 2. The fraction of sp³-hybridized carbons (Fsp3) is 0.167. The molecule has 0 atom stereocenters. The molecule has 5 nitrogen and oxygen atoms in total. The number of ether oxygens (including phenoxy) is 1. The zero-order chi connectivity index (χ0) is 21.3. The van der Waals surface area contributed by atoms with Gasteiger partial charge in [-0.2, -0.15) is 0 Å². The predicted molar refractivity (Wildman–Crippen MR) is 125 cm³/mol. The summed E-state index contributed by atoms with van der Waals surface area (Å²) in [5.41, 5.74) is 7.61. The van der Waals surface area contributed by atoms with Gasteiger partial charge in [-0.25, -0.2) is 4.98 Å². The number of benzene rings is 2. The Morgan fingerprint density at radius 2 is 1.83 bits per heavy atom. The molecule has 30 heavy (non-hydrogen) atoms. The highest BCUT2D eigenvalue weighted by Crippen LogP contribution is 2.31. The largest absolute Gasteiger partial charge is 0.457 e. The van der Waals surface area contributed by atoms with Crippen LogP contribution in [0.15, 0.2) is 78.4 Å². The molecule has 0 unspecified atom stereocenters. The van der Waals surface area contributed by atoms with Gasteiger partial charge in [0.1, 0.15) is 22.2 Å². The lowest BCUT2D eigenvalue weighted by atomic mass is 10.0. The number of thiazole rings is 1. The van der Waals surface area contributed by atoms with Gasteiger partial charge < -0.3 is 15.8 Å². The third-order valence-corrected chi connectivity index (χ3v) is 5.25. The molecule has 0 amide bonds. The number of rotatable bonds is 9. The molecule has 0 fully saturated rings. The van der Waals surface area contributed by atoms with E-state index in [1.165, 1.54) is 11.3 Å². The number of allylic oxidation sites excluding steroid dienone is 4. The number of aromatic nitrogens is 1. The van der Waals surface area contributed by atoms with Crippen LogP contribution in [0.4, 0.5) is 16.6 Å². The minimum atomic E-state index is -0.0652. The van der Waals surface area contributed by atoms with Gasteiger partial charge in [0.2, 0.25) is 5.78 Å². The monoisotopic (exact) mass is 419 g/mol. The molecular weight excluding hydrogens is 394 g/mol. The van der Waals surface area contributed by atoms with Crippen LogP contribution in [0.3, 0.4) is 0 Å². The van der Waals surface area contributed by atoms with Crippen molar-refractivity contribution in [3.63, 3.8) is 0 Å². The first-order valence-electron chi connectivity index (χ1n) is 9.82. The second kappa shape index (κ2) is 10.4. The lowest BCUT2D eigenvalue weighted by molar-refractivity contribution is 0.103. The minimum Gasteiger partial charge on any atom is -0.457 e. The van der Waals surface area contributed by atoms with Crippen LogP contribution in [0.2, 0.25) is 0 Å². The Balaban J connectivity index is 1.70. The number of ketones is 1. The molecule has 6 heteroatoms.